The third-order valence-corrected chi connectivity index (χ3v) is 3.56. The van der Waals surface area contributed by atoms with Crippen LogP contribution in [-0.2, 0) is 6.54 Å². The van der Waals surface area contributed by atoms with E-state index in [1.54, 1.807) is 4.80 Å². The van der Waals surface area contributed by atoms with Gasteiger partial charge in [0.2, 0.25) is 5.82 Å². The second kappa shape index (κ2) is 5.93. The topological polar surface area (TPSA) is 55.6 Å². The number of aryl methyl sites for hydroxylation is 1. The van der Waals surface area contributed by atoms with Crippen molar-refractivity contribution in [3.63, 3.8) is 0 Å². The Bertz CT molecular complexity index is 502. The van der Waals surface area contributed by atoms with Crippen molar-refractivity contribution in [1.82, 2.24) is 25.5 Å². The maximum Gasteiger partial charge on any atom is 0.204 e. The van der Waals surface area contributed by atoms with Crippen molar-refractivity contribution >= 4 is 0 Å². The summed E-state index contributed by atoms with van der Waals surface area (Å²) in [7, 11) is 0. The van der Waals surface area contributed by atoms with Crippen molar-refractivity contribution in [2.45, 2.75) is 38.3 Å². The molecule has 0 aliphatic carbocycles. The number of benzene rings is 1. The molecule has 5 nitrogen and oxygen atoms in total. The van der Waals surface area contributed by atoms with Gasteiger partial charge in [-0.2, -0.15) is 4.80 Å². The predicted molar refractivity (Wildman–Crippen MR) is 73.5 cm³/mol. The van der Waals surface area contributed by atoms with Gasteiger partial charge in [0.15, 0.2) is 0 Å². The maximum atomic E-state index is 4.42. The molecule has 5 heteroatoms. The van der Waals surface area contributed by atoms with E-state index in [0.29, 0.717) is 11.9 Å². The van der Waals surface area contributed by atoms with Crippen LogP contribution in [0.25, 0.3) is 11.4 Å². The van der Waals surface area contributed by atoms with E-state index in [1.807, 2.05) is 30.3 Å². The van der Waals surface area contributed by atoms with E-state index in [2.05, 4.69) is 20.7 Å². The molecule has 2 aromatic rings. The van der Waals surface area contributed by atoms with E-state index >= 15 is 0 Å². The Morgan fingerprint density at radius 2 is 2.16 bits per heavy atom. The first-order valence-corrected chi connectivity index (χ1v) is 6.98. The van der Waals surface area contributed by atoms with Crippen molar-refractivity contribution in [3.05, 3.63) is 30.3 Å². The summed E-state index contributed by atoms with van der Waals surface area (Å²) in [5.74, 6) is 0.708. The molecule has 0 amide bonds. The highest BCUT2D eigenvalue weighted by Crippen LogP contribution is 2.13. The van der Waals surface area contributed by atoms with E-state index in [0.717, 1.165) is 18.5 Å². The van der Waals surface area contributed by atoms with Crippen molar-refractivity contribution in [2.75, 3.05) is 6.54 Å². The standard InChI is InChI=1S/C14H19N5/c1-2-6-12(7-3-1)14-16-18-19(17-14)11-5-9-13-8-4-10-15-13/h1-3,6-7,13,15H,4-5,8-11H2. The lowest BCUT2D eigenvalue weighted by atomic mass is 10.1. The molecule has 1 aromatic carbocycles. The highest BCUT2D eigenvalue weighted by molar-refractivity contribution is 5.52. The molecule has 1 unspecified atom stereocenters. The second-order valence-electron chi connectivity index (χ2n) is 5.01. The molecule has 100 valence electrons. The molecule has 1 fully saturated rings. The molecule has 0 spiro atoms. The van der Waals surface area contributed by atoms with Gasteiger partial charge in [-0.25, -0.2) is 0 Å². The first-order chi connectivity index (χ1) is 9.42. The van der Waals surface area contributed by atoms with E-state index in [-0.39, 0.29) is 0 Å². The predicted octanol–water partition coefficient (Wildman–Crippen LogP) is 1.87. The zero-order chi connectivity index (χ0) is 12.9. The summed E-state index contributed by atoms with van der Waals surface area (Å²) in [4.78, 5) is 1.71. The van der Waals surface area contributed by atoms with Crippen molar-refractivity contribution in [2.24, 2.45) is 0 Å². The van der Waals surface area contributed by atoms with Crippen molar-refractivity contribution in [1.29, 1.82) is 0 Å². The van der Waals surface area contributed by atoms with Gasteiger partial charge in [-0.1, -0.05) is 30.3 Å². The number of hydrogen-bond donors (Lipinski definition) is 1. The summed E-state index contributed by atoms with van der Waals surface area (Å²) in [6.45, 7) is 2.02. The molecule has 19 heavy (non-hydrogen) atoms. The van der Waals surface area contributed by atoms with Gasteiger partial charge in [0.05, 0.1) is 6.54 Å². The lowest BCUT2D eigenvalue weighted by Crippen LogP contribution is -2.21. The molecule has 0 saturated carbocycles. The van der Waals surface area contributed by atoms with Crippen molar-refractivity contribution in [3.8, 4) is 11.4 Å². The lowest BCUT2D eigenvalue weighted by Gasteiger charge is -2.08. The van der Waals surface area contributed by atoms with Crippen LogP contribution >= 0.6 is 0 Å². The fourth-order valence-electron chi connectivity index (χ4n) is 2.52. The Morgan fingerprint density at radius 3 is 2.95 bits per heavy atom. The van der Waals surface area contributed by atoms with Gasteiger partial charge in [-0.15, -0.1) is 10.2 Å². The normalized spacial score (nSPS) is 18.8. The summed E-state index contributed by atoms with van der Waals surface area (Å²) < 4.78 is 0. The quantitative estimate of drug-likeness (QED) is 0.888. The fourth-order valence-corrected chi connectivity index (χ4v) is 2.52. The minimum Gasteiger partial charge on any atom is -0.314 e. The van der Waals surface area contributed by atoms with Gasteiger partial charge in [0.25, 0.3) is 0 Å². The third kappa shape index (κ3) is 3.17. The van der Waals surface area contributed by atoms with E-state index in [4.69, 9.17) is 0 Å². The smallest absolute Gasteiger partial charge is 0.204 e. The van der Waals surface area contributed by atoms with E-state index in [1.165, 1.54) is 25.8 Å². The lowest BCUT2D eigenvalue weighted by molar-refractivity contribution is 0.449. The summed E-state index contributed by atoms with van der Waals surface area (Å²) in [6, 6.07) is 10.7. The van der Waals surface area contributed by atoms with Crippen LogP contribution in [-0.4, -0.2) is 32.8 Å². The van der Waals surface area contributed by atoms with Crippen LogP contribution < -0.4 is 5.32 Å². The van der Waals surface area contributed by atoms with E-state index < -0.39 is 0 Å². The first kappa shape index (κ1) is 12.3. The minimum atomic E-state index is 0.692. The number of rotatable bonds is 5. The largest absolute Gasteiger partial charge is 0.314 e. The van der Waals surface area contributed by atoms with Gasteiger partial charge in [0, 0.05) is 11.6 Å². The van der Waals surface area contributed by atoms with Crippen LogP contribution in [0.1, 0.15) is 25.7 Å². The molecule has 0 radical (unpaired) electrons. The summed E-state index contributed by atoms with van der Waals surface area (Å²) >= 11 is 0. The molecule has 2 heterocycles. The van der Waals surface area contributed by atoms with Crippen LogP contribution in [0.4, 0.5) is 0 Å². The monoisotopic (exact) mass is 257 g/mol. The van der Waals surface area contributed by atoms with Gasteiger partial charge in [-0.05, 0) is 37.4 Å². The molecule has 1 N–H and O–H groups in total. The molecule has 1 aromatic heterocycles. The zero-order valence-corrected chi connectivity index (χ0v) is 11.0. The van der Waals surface area contributed by atoms with Crippen LogP contribution in [0, 0.1) is 0 Å². The SMILES string of the molecule is c1ccc(-c2nnn(CCCC3CCCN3)n2)cc1. The van der Waals surface area contributed by atoms with E-state index in [9.17, 15) is 0 Å². The van der Waals surface area contributed by atoms with Crippen LogP contribution in [0.15, 0.2) is 30.3 Å². The molecule has 1 atom stereocenters. The third-order valence-electron chi connectivity index (χ3n) is 3.56. The number of nitrogens with one attached hydrogen (secondary N) is 1. The Balaban J connectivity index is 1.53. The minimum absolute atomic E-state index is 0.692. The highest BCUT2D eigenvalue weighted by Gasteiger charge is 2.13. The van der Waals surface area contributed by atoms with Gasteiger partial charge in [-0.3, -0.25) is 0 Å². The average Bonchev–Trinajstić information content (AvgIpc) is 3.11. The molecule has 1 aliphatic heterocycles. The Labute approximate surface area is 113 Å². The zero-order valence-electron chi connectivity index (χ0n) is 11.0. The first-order valence-electron chi connectivity index (χ1n) is 6.98. The van der Waals surface area contributed by atoms with Crippen LogP contribution in [0.3, 0.4) is 0 Å². The van der Waals surface area contributed by atoms with Crippen LogP contribution in [0.5, 0.6) is 0 Å². The van der Waals surface area contributed by atoms with Gasteiger partial charge < -0.3 is 5.32 Å². The molecule has 1 aliphatic rings. The Morgan fingerprint density at radius 1 is 1.26 bits per heavy atom. The van der Waals surface area contributed by atoms with Gasteiger partial charge >= 0.3 is 0 Å². The highest BCUT2D eigenvalue weighted by atomic mass is 15.6. The number of hydrogen-bond acceptors (Lipinski definition) is 4. The average molecular weight is 257 g/mol. The molecular formula is C14H19N5. The maximum absolute atomic E-state index is 4.42. The molecule has 1 saturated heterocycles. The summed E-state index contributed by atoms with van der Waals surface area (Å²) in [6.07, 6.45) is 4.91. The number of nitrogens with zero attached hydrogens (tertiary/aromatic N) is 4. The van der Waals surface area contributed by atoms with Gasteiger partial charge in [0.1, 0.15) is 0 Å². The fraction of sp³-hybridized carbons (Fsp3) is 0.500. The summed E-state index contributed by atoms with van der Waals surface area (Å²) in [5.41, 5.74) is 1.02. The number of tetrazole rings is 1. The molecular weight excluding hydrogens is 238 g/mol. The Hall–Kier alpha value is -1.75. The summed E-state index contributed by atoms with van der Waals surface area (Å²) in [5, 5.41) is 16.1. The molecule has 3 rings (SSSR count). The Kier molecular flexibility index (Phi) is 3.83. The van der Waals surface area contributed by atoms with Crippen LogP contribution in [0.2, 0.25) is 0 Å². The van der Waals surface area contributed by atoms with Crippen molar-refractivity contribution < 1.29 is 0 Å². The number of aromatic nitrogens is 4. The molecule has 0 bridgehead atoms. The second-order valence-corrected chi connectivity index (χ2v) is 5.01.